The fourth-order valence-electron chi connectivity index (χ4n) is 1.18. The molecule has 5 nitrogen and oxygen atoms in total. The van der Waals surface area contributed by atoms with Crippen molar-refractivity contribution < 1.29 is 13.6 Å². The lowest BCUT2D eigenvalue weighted by atomic mass is 10.2. The van der Waals surface area contributed by atoms with Crippen molar-refractivity contribution in [1.82, 2.24) is 4.98 Å². The van der Waals surface area contributed by atoms with Crippen molar-refractivity contribution in [3.63, 3.8) is 0 Å². The number of carbonyl (C=O) groups excluding carboxylic acids is 1. The standard InChI is InChI=1S/C10H14F2N4O/c1-6-2-3-7(8(14)17)9(16-6)15-5-10(11,12)4-13/h2-3H,4-5,13H2,1H3,(H2,14,17)(H,15,16). The van der Waals surface area contributed by atoms with Crippen LogP contribution in [0.2, 0.25) is 0 Å². The molecule has 0 aromatic carbocycles. The third kappa shape index (κ3) is 3.63. The van der Waals surface area contributed by atoms with Gasteiger partial charge in [0, 0.05) is 5.69 Å². The Hall–Kier alpha value is -1.76. The second-order valence-corrected chi connectivity index (χ2v) is 3.63. The van der Waals surface area contributed by atoms with E-state index in [1.807, 2.05) is 0 Å². The maximum Gasteiger partial charge on any atom is 0.276 e. The van der Waals surface area contributed by atoms with Crippen molar-refractivity contribution >= 4 is 11.7 Å². The minimum Gasteiger partial charge on any atom is -0.365 e. The number of carbonyl (C=O) groups is 1. The summed E-state index contributed by atoms with van der Waals surface area (Å²) in [5, 5.41) is 2.38. The Balaban J connectivity index is 2.89. The van der Waals surface area contributed by atoms with E-state index in [0.29, 0.717) is 5.69 Å². The number of primary amides is 1. The summed E-state index contributed by atoms with van der Waals surface area (Å²) in [5.41, 5.74) is 10.7. The first-order chi connectivity index (χ1) is 7.85. The SMILES string of the molecule is Cc1ccc(C(N)=O)c(NCC(F)(F)CN)n1. The van der Waals surface area contributed by atoms with Crippen LogP contribution in [-0.2, 0) is 0 Å². The van der Waals surface area contributed by atoms with Gasteiger partial charge in [0.1, 0.15) is 5.82 Å². The fraction of sp³-hybridized carbons (Fsp3) is 0.400. The number of anilines is 1. The number of hydrogen-bond donors (Lipinski definition) is 3. The molecule has 0 aliphatic carbocycles. The Kier molecular flexibility index (Phi) is 3.95. The van der Waals surface area contributed by atoms with Crippen molar-refractivity contribution in [2.24, 2.45) is 11.5 Å². The molecule has 7 heteroatoms. The average molecular weight is 244 g/mol. The molecule has 0 aliphatic heterocycles. The van der Waals surface area contributed by atoms with Crippen LogP contribution in [0, 0.1) is 6.92 Å². The molecule has 1 heterocycles. The van der Waals surface area contributed by atoms with Gasteiger partial charge in [-0.1, -0.05) is 0 Å². The number of pyridine rings is 1. The highest BCUT2D eigenvalue weighted by Crippen LogP contribution is 2.16. The molecule has 0 bridgehead atoms. The highest BCUT2D eigenvalue weighted by Gasteiger charge is 2.27. The van der Waals surface area contributed by atoms with Crippen LogP contribution in [0.3, 0.4) is 0 Å². The molecule has 1 aromatic rings. The van der Waals surface area contributed by atoms with Crippen molar-refractivity contribution in [3.8, 4) is 0 Å². The molecule has 94 valence electrons. The maximum absolute atomic E-state index is 12.9. The zero-order chi connectivity index (χ0) is 13.1. The number of alkyl halides is 2. The Morgan fingerprint density at radius 1 is 1.53 bits per heavy atom. The molecule has 0 aliphatic rings. The Morgan fingerprint density at radius 2 is 2.18 bits per heavy atom. The summed E-state index contributed by atoms with van der Waals surface area (Å²) in [4.78, 5) is 15.0. The van der Waals surface area contributed by atoms with Crippen LogP contribution in [-0.4, -0.2) is 29.9 Å². The van der Waals surface area contributed by atoms with Gasteiger partial charge in [-0.25, -0.2) is 13.8 Å². The molecular formula is C10H14F2N4O. The lowest BCUT2D eigenvalue weighted by Gasteiger charge is -2.16. The second-order valence-electron chi connectivity index (χ2n) is 3.63. The quantitative estimate of drug-likeness (QED) is 0.702. The molecule has 0 atom stereocenters. The van der Waals surface area contributed by atoms with Crippen molar-refractivity contribution in [2.45, 2.75) is 12.8 Å². The monoisotopic (exact) mass is 244 g/mol. The van der Waals surface area contributed by atoms with Gasteiger partial charge in [-0.2, -0.15) is 0 Å². The van der Waals surface area contributed by atoms with E-state index in [2.05, 4.69) is 10.3 Å². The average Bonchev–Trinajstić information content (AvgIpc) is 2.26. The van der Waals surface area contributed by atoms with Crippen LogP contribution in [0.1, 0.15) is 16.1 Å². The largest absolute Gasteiger partial charge is 0.365 e. The summed E-state index contributed by atoms with van der Waals surface area (Å²) in [6.07, 6.45) is 0. The van der Waals surface area contributed by atoms with E-state index >= 15 is 0 Å². The van der Waals surface area contributed by atoms with Gasteiger partial charge < -0.3 is 16.8 Å². The van der Waals surface area contributed by atoms with Gasteiger partial charge >= 0.3 is 0 Å². The first-order valence-corrected chi connectivity index (χ1v) is 4.95. The van der Waals surface area contributed by atoms with Crippen LogP contribution in [0.15, 0.2) is 12.1 Å². The predicted octanol–water partition coefficient (Wildman–Crippen LogP) is 0.495. The van der Waals surface area contributed by atoms with Crippen LogP contribution in [0.4, 0.5) is 14.6 Å². The lowest BCUT2D eigenvalue weighted by molar-refractivity contribution is 0.0252. The summed E-state index contributed by atoms with van der Waals surface area (Å²) in [6.45, 7) is 0.203. The number of aryl methyl sites for hydroxylation is 1. The van der Waals surface area contributed by atoms with Gasteiger partial charge in [-0.15, -0.1) is 0 Å². The van der Waals surface area contributed by atoms with Gasteiger partial charge in [-0.05, 0) is 19.1 Å². The van der Waals surface area contributed by atoms with Crippen LogP contribution >= 0.6 is 0 Å². The number of nitrogens with one attached hydrogen (secondary N) is 1. The van der Waals surface area contributed by atoms with Crippen molar-refractivity contribution in [3.05, 3.63) is 23.4 Å². The van der Waals surface area contributed by atoms with Gasteiger partial charge in [0.25, 0.3) is 11.8 Å². The first-order valence-electron chi connectivity index (χ1n) is 4.95. The smallest absolute Gasteiger partial charge is 0.276 e. The number of aromatic nitrogens is 1. The molecule has 0 spiro atoms. The zero-order valence-corrected chi connectivity index (χ0v) is 9.34. The molecule has 1 aromatic heterocycles. The molecular weight excluding hydrogens is 230 g/mol. The molecule has 17 heavy (non-hydrogen) atoms. The number of nitrogens with zero attached hydrogens (tertiary/aromatic N) is 1. The molecule has 0 fully saturated rings. The van der Waals surface area contributed by atoms with Crippen LogP contribution in [0.25, 0.3) is 0 Å². The van der Waals surface area contributed by atoms with E-state index in [9.17, 15) is 13.6 Å². The minimum absolute atomic E-state index is 0.0469. The summed E-state index contributed by atoms with van der Waals surface area (Å²) >= 11 is 0. The number of amides is 1. The minimum atomic E-state index is -3.06. The van der Waals surface area contributed by atoms with Crippen molar-refractivity contribution in [1.29, 1.82) is 0 Å². The topological polar surface area (TPSA) is 94.0 Å². The third-order valence-corrected chi connectivity index (χ3v) is 2.11. The highest BCUT2D eigenvalue weighted by atomic mass is 19.3. The molecule has 0 unspecified atom stereocenters. The van der Waals surface area contributed by atoms with Crippen LogP contribution < -0.4 is 16.8 Å². The Labute approximate surface area is 97.2 Å². The summed E-state index contributed by atoms with van der Waals surface area (Å²) in [5.74, 6) is -3.73. The Morgan fingerprint density at radius 3 is 2.71 bits per heavy atom. The number of halogens is 2. The summed E-state index contributed by atoms with van der Waals surface area (Å²) in [6, 6.07) is 3.01. The van der Waals surface area contributed by atoms with E-state index in [-0.39, 0.29) is 11.4 Å². The van der Waals surface area contributed by atoms with E-state index in [1.165, 1.54) is 6.07 Å². The summed E-state index contributed by atoms with van der Waals surface area (Å²) in [7, 11) is 0. The second kappa shape index (κ2) is 5.05. The zero-order valence-electron chi connectivity index (χ0n) is 9.34. The van der Waals surface area contributed by atoms with Gasteiger partial charge in [-0.3, -0.25) is 4.79 Å². The molecule has 1 rings (SSSR count). The lowest BCUT2D eigenvalue weighted by Crippen LogP contribution is -2.36. The predicted molar refractivity (Wildman–Crippen MR) is 60.0 cm³/mol. The number of nitrogens with two attached hydrogens (primary N) is 2. The van der Waals surface area contributed by atoms with Crippen LogP contribution in [0.5, 0.6) is 0 Å². The fourth-order valence-corrected chi connectivity index (χ4v) is 1.18. The molecule has 5 N–H and O–H groups in total. The normalized spacial score (nSPS) is 11.3. The summed E-state index contributed by atoms with van der Waals surface area (Å²) < 4.78 is 25.9. The van der Waals surface area contributed by atoms with E-state index in [4.69, 9.17) is 11.5 Å². The van der Waals surface area contributed by atoms with Gasteiger partial charge in [0.2, 0.25) is 0 Å². The van der Waals surface area contributed by atoms with E-state index < -0.39 is 24.9 Å². The molecule has 1 amide bonds. The third-order valence-electron chi connectivity index (χ3n) is 2.11. The van der Waals surface area contributed by atoms with E-state index in [1.54, 1.807) is 13.0 Å². The number of hydrogen-bond acceptors (Lipinski definition) is 4. The molecule has 0 saturated carbocycles. The number of rotatable bonds is 5. The van der Waals surface area contributed by atoms with E-state index in [0.717, 1.165) is 0 Å². The molecule has 0 radical (unpaired) electrons. The first kappa shape index (κ1) is 13.3. The molecule has 0 saturated heterocycles. The Bertz CT molecular complexity index is 423. The van der Waals surface area contributed by atoms with Gasteiger partial charge in [0.05, 0.1) is 18.7 Å². The highest BCUT2D eigenvalue weighted by molar-refractivity contribution is 5.97. The van der Waals surface area contributed by atoms with Gasteiger partial charge in [0.15, 0.2) is 0 Å². The van der Waals surface area contributed by atoms with Crippen molar-refractivity contribution in [2.75, 3.05) is 18.4 Å². The maximum atomic E-state index is 12.9.